The fourth-order valence-corrected chi connectivity index (χ4v) is 3.82. The first-order valence-electron chi connectivity index (χ1n) is 9.30. The van der Waals surface area contributed by atoms with Crippen molar-refractivity contribution in [1.82, 2.24) is 14.8 Å². The molecule has 1 aliphatic heterocycles. The van der Waals surface area contributed by atoms with Crippen LogP contribution in [0.15, 0.2) is 24.5 Å². The molecule has 0 unspecified atom stereocenters. The molecule has 1 saturated heterocycles. The van der Waals surface area contributed by atoms with Gasteiger partial charge in [0.05, 0.1) is 18.7 Å². The van der Waals surface area contributed by atoms with Gasteiger partial charge in [0.2, 0.25) is 5.88 Å². The van der Waals surface area contributed by atoms with Gasteiger partial charge in [-0.25, -0.2) is 9.67 Å². The van der Waals surface area contributed by atoms with E-state index in [9.17, 15) is 18.0 Å². The van der Waals surface area contributed by atoms with Crippen molar-refractivity contribution in [1.29, 1.82) is 0 Å². The zero-order chi connectivity index (χ0) is 21.4. The number of pyridine rings is 1. The Morgan fingerprint density at radius 3 is 2.69 bits per heavy atom. The zero-order valence-electron chi connectivity index (χ0n) is 16.5. The summed E-state index contributed by atoms with van der Waals surface area (Å²) in [7, 11) is 0. The van der Waals surface area contributed by atoms with Gasteiger partial charge >= 0.3 is 6.18 Å². The van der Waals surface area contributed by atoms with Crippen LogP contribution in [0.25, 0.3) is 5.69 Å². The third-order valence-corrected chi connectivity index (χ3v) is 4.93. The maximum Gasteiger partial charge on any atom is 0.392 e. The fourth-order valence-electron chi connectivity index (χ4n) is 3.82. The first-order valence-corrected chi connectivity index (χ1v) is 9.30. The van der Waals surface area contributed by atoms with E-state index >= 15 is 0 Å². The number of amides is 1. The summed E-state index contributed by atoms with van der Waals surface area (Å²) in [4.78, 5) is 18.8. The average Bonchev–Trinajstić information content (AvgIpc) is 3.16. The molecule has 1 amide bonds. The quantitative estimate of drug-likeness (QED) is 0.788. The second kappa shape index (κ2) is 7.57. The van der Waals surface area contributed by atoms with Gasteiger partial charge in [-0.2, -0.15) is 13.2 Å². The van der Waals surface area contributed by atoms with Crippen molar-refractivity contribution in [3.8, 4) is 11.6 Å². The van der Waals surface area contributed by atoms with Gasteiger partial charge in [-0.15, -0.1) is 5.10 Å². The Balaban J connectivity index is 1.92. The van der Waals surface area contributed by atoms with Crippen molar-refractivity contribution in [2.45, 2.75) is 45.3 Å². The summed E-state index contributed by atoms with van der Waals surface area (Å²) in [5.41, 5.74) is 6.07. The van der Waals surface area contributed by atoms with Crippen LogP contribution in [0.4, 0.5) is 19.0 Å². The van der Waals surface area contributed by atoms with Crippen molar-refractivity contribution in [2.24, 2.45) is 11.7 Å². The molecule has 1 atom stereocenters. The van der Waals surface area contributed by atoms with Crippen LogP contribution in [0.1, 0.15) is 44.0 Å². The number of carbonyl (C=O) groups excluding carboxylic acids is 1. The molecule has 0 bridgehead atoms. The Morgan fingerprint density at radius 2 is 2.10 bits per heavy atom. The number of halogens is 3. The van der Waals surface area contributed by atoms with Crippen molar-refractivity contribution in [2.75, 3.05) is 18.1 Å². The van der Waals surface area contributed by atoms with Gasteiger partial charge in [0.15, 0.2) is 0 Å². The van der Waals surface area contributed by atoms with Crippen molar-refractivity contribution in [3.63, 3.8) is 0 Å². The summed E-state index contributed by atoms with van der Waals surface area (Å²) < 4.78 is 43.3. The minimum absolute atomic E-state index is 0.0261. The maximum absolute atomic E-state index is 12.3. The highest BCUT2D eigenvalue weighted by Gasteiger charge is 2.39. The average molecular weight is 411 g/mol. The van der Waals surface area contributed by atoms with E-state index in [0.717, 1.165) is 13.0 Å². The van der Waals surface area contributed by atoms with E-state index in [1.165, 1.54) is 16.9 Å². The number of rotatable bonds is 6. The second-order valence-corrected chi connectivity index (χ2v) is 7.94. The van der Waals surface area contributed by atoms with E-state index in [1.54, 1.807) is 12.3 Å². The van der Waals surface area contributed by atoms with Gasteiger partial charge in [0.25, 0.3) is 5.91 Å². The summed E-state index contributed by atoms with van der Waals surface area (Å²) in [6, 6.07) is 3.02. The van der Waals surface area contributed by atoms with E-state index in [4.69, 9.17) is 10.5 Å². The minimum atomic E-state index is -4.30. The first kappa shape index (κ1) is 20.9. The van der Waals surface area contributed by atoms with Gasteiger partial charge in [-0.3, -0.25) is 4.79 Å². The molecule has 3 heterocycles. The maximum atomic E-state index is 12.3. The number of nitrogens with two attached hydrogens (primary N) is 1. The predicted octanol–water partition coefficient (Wildman–Crippen LogP) is 3.32. The van der Waals surface area contributed by atoms with Crippen LogP contribution in [0.3, 0.4) is 0 Å². The Morgan fingerprint density at radius 1 is 1.38 bits per heavy atom. The lowest BCUT2D eigenvalue weighted by Gasteiger charge is -2.33. The molecular formula is C19H24F3N5O2. The molecule has 158 valence electrons. The Hall–Kier alpha value is -2.78. The van der Waals surface area contributed by atoms with Gasteiger partial charge in [0, 0.05) is 30.5 Å². The van der Waals surface area contributed by atoms with Crippen LogP contribution in [0.2, 0.25) is 0 Å². The van der Waals surface area contributed by atoms with Gasteiger partial charge < -0.3 is 15.4 Å². The summed E-state index contributed by atoms with van der Waals surface area (Å²) in [6.45, 7) is 6.49. The Kier molecular flexibility index (Phi) is 5.46. The monoisotopic (exact) mass is 411 g/mol. The van der Waals surface area contributed by atoms with Crippen molar-refractivity contribution in [3.05, 3.63) is 30.1 Å². The fraction of sp³-hybridized carbons (Fsp3) is 0.526. The highest BCUT2D eigenvalue weighted by molar-refractivity contribution is 6.01. The third-order valence-electron chi connectivity index (χ3n) is 4.93. The second-order valence-electron chi connectivity index (χ2n) is 7.94. The molecule has 0 aliphatic carbocycles. The minimum Gasteiger partial charge on any atom is -0.476 e. The molecule has 10 heteroatoms. The number of anilines is 1. The number of primary amides is 1. The number of alkyl halides is 3. The summed E-state index contributed by atoms with van der Waals surface area (Å²) in [6.07, 6.45) is -1.38. The van der Waals surface area contributed by atoms with E-state index in [1.807, 2.05) is 0 Å². The van der Waals surface area contributed by atoms with Crippen LogP contribution >= 0.6 is 0 Å². The normalized spacial score (nSPS) is 18.8. The lowest BCUT2D eigenvalue weighted by atomic mass is 9.97. The summed E-state index contributed by atoms with van der Waals surface area (Å²) >= 11 is 0. The molecule has 1 aliphatic rings. The van der Waals surface area contributed by atoms with E-state index in [2.05, 4.69) is 35.8 Å². The molecule has 2 N–H and O–H groups in total. The largest absolute Gasteiger partial charge is 0.476 e. The van der Waals surface area contributed by atoms with Crippen LogP contribution in [0.5, 0.6) is 5.88 Å². The predicted molar refractivity (Wildman–Crippen MR) is 101 cm³/mol. The molecule has 7 nitrogen and oxygen atoms in total. The van der Waals surface area contributed by atoms with Crippen LogP contribution in [0, 0.1) is 5.92 Å². The highest BCUT2D eigenvalue weighted by Crippen LogP contribution is 2.38. The van der Waals surface area contributed by atoms with Crippen LogP contribution in [-0.2, 0) is 0 Å². The lowest BCUT2D eigenvalue weighted by molar-refractivity contribution is -0.139. The van der Waals surface area contributed by atoms with E-state index in [-0.39, 0.29) is 17.0 Å². The molecule has 0 radical (unpaired) electrons. The molecule has 3 rings (SSSR count). The number of aromatic nitrogens is 3. The number of nitrogens with zero attached hydrogens (tertiary/aromatic N) is 4. The molecule has 1 fully saturated rings. The topological polar surface area (TPSA) is 86.3 Å². The third kappa shape index (κ3) is 4.63. The van der Waals surface area contributed by atoms with E-state index < -0.39 is 25.1 Å². The Bertz CT molecular complexity index is 894. The van der Waals surface area contributed by atoms with Crippen molar-refractivity contribution >= 4 is 11.7 Å². The molecule has 0 spiro atoms. The van der Waals surface area contributed by atoms with Gasteiger partial charge in [-0.05, 0) is 32.3 Å². The number of carbonyl (C=O) groups is 1. The standard InChI is InChI=1S/C19H24F3N5O2/c1-12-10-18(2,3)26(11-12)17-15(16(23)28)13(4-7-24-17)27-8-5-14(25-27)29-9-6-19(20,21)22/h4-5,7-8,12H,6,9-11H2,1-3H3,(H2,23,28)/t12-/m0/s1. The summed E-state index contributed by atoms with van der Waals surface area (Å²) in [5.74, 6) is 0.264. The van der Waals surface area contributed by atoms with Crippen LogP contribution < -0.4 is 15.4 Å². The Labute approximate surface area is 166 Å². The van der Waals surface area contributed by atoms with Gasteiger partial charge in [0.1, 0.15) is 11.4 Å². The van der Waals surface area contributed by atoms with Gasteiger partial charge in [-0.1, -0.05) is 6.92 Å². The molecule has 0 saturated carbocycles. The lowest BCUT2D eigenvalue weighted by Crippen LogP contribution is -2.40. The smallest absolute Gasteiger partial charge is 0.392 e. The zero-order valence-corrected chi connectivity index (χ0v) is 16.5. The van der Waals surface area contributed by atoms with Crippen LogP contribution in [-0.4, -0.2) is 45.5 Å². The SMILES string of the molecule is C[C@@H]1CN(c2nccc(-n3ccc(OCCC(F)(F)F)n3)c2C(N)=O)C(C)(C)C1. The molecule has 2 aromatic rings. The summed E-state index contributed by atoms with van der Waals surface area (Å²) in [5, 5.41) is 4.14. The molecule has 0 aromatic carbocycles. The molecule has 29 heavy (non-hydrogen) atoms. The number of hydrogen-bond donors (Lipinski definition) is 1. The molecular weight excluding hydrogens is 387 g/mol. The van der Waals surface area contributed by atoms with Crippen molar-refractivity contribution < 1.29 is 22.7 Å². The number of ether oxygens (including phenoxy) is 1. The molecule has 2 aromatic heterocycles. The first-order chi connectivity index (χ1) is 13.5. The number of hydrogen-bond acceptors (Lipinski definition) is 5. The highest BCUT2D eigenvalue weighted by atomic mass is 19.4. The van der Waals surface area contributed by atoms with E-state index in [0.29, 0.717) is 17.4 Å².